The number of ether oxygens (including phenoxy) is 1. The second-order valence-corrected chi connectivity index (χ2v) is 11.3. The number of nitrogens with one attached hydrogen (secondary N) is 1. The summed E-state index contributed by atoms with van der Waals surface area (Å²) in [6, 6.07) is 21.4. The fourth-order valence-electron chi connectivity index (χ4n) is 4.92. The van der Waals surface area contributed by atoms with Gasteiger partial charge in [0.15, 0.2) is 5.84 Å². The minimum absolute atomic E-state index is 0.133. The Morgan fingerprint density at radius 3 is 2.51 bits per heavy atom. The number of hydrogen-bond donors (Lipinski definition) is 4. The second-order valence-electron chi connectivity index (χ2n) is 9.60. The Morgan fingerprint density at radius 2 is 1.72 bits per heavy atom. The van der Waals surface area contributed by atoms with Crippen LogP contribution in [0, 0.1) is 0 Å². The molecule has 1 aromatic heterocycles. The first-order valence-corrected chi connectivity index (χ1v) is 14.3. The van der Waals surface area contributed by atoms with Crippen LogP contribution >= 0.6 is 10.8 Å². The Labute approximate surface area is 226 Å². The summed E-state index contributed by atoms with van der Waals surface area (Å²) in [7, 11) is -3.72. The van der Waals surface area contributed by atoms with Crippen molar-refractivity contribution in [2.45, 2.75) is 43.6 Å². The molecular weight excluding hydrogens is 516 g/mol. The van der Waals surface area contributed by atoms with Crippen LogP contribution in [0.25, 0.3) is 10.9 Å². The number of aromatic hydroxyl groups is 1. The minimum Gasteiger partial charge on any atom is -0.506 e. The lowest BCUT2D eigenvalue weighted by molar-refractivity contribution is 0.305. The number of pyridine rings is 1. The molecule has 0 radical (unpaired) electrons. The Morgan fingerprint density at radius 1 is 0.974 bits per heavy atom. The van der Waals surface area contributed by atoms with Gasteiger partial charge in [-0.1, -0.05) is 59.7 Å². The molecule has 0 bridgehead atoms. The highest BCUT2D eigenvalue weighted by atomic mass is 32.3. The van der Waals surface area contributed by atoms with Crippen LogP contribution in [0.15, 0.2) is 92.0 Å². The van der Waals surface area contributed by atoms with Crippen LogP contribution in [0.5, 0.6) is 11.5 Å². The van der Waals surface area contributed by atoms with Gasteiger partial charge in [0.1, 0.15) is 28.6 Å². The zero-order valence-corrected chi connectivity index (χ0v) is 21.9. The van der Waals surface area contributed by atoms with E-state index in [0.717, 1.165) is 43.4 Å². The van der Waals surface area contributed by atoms with Crippen molar-refractivity contribution in [2.75, 3.05) is 5.32 Å². The molecule has 0 saturated heterocycles. The highest BCUT2D eigenvalue weighted by molar-refractivity contribution is 8.23. The average Bonchev–Trinajstić information content (AvgIpc) is 2.95. The van der Waals surface area contributed by atoms with Crippen molar-refractivity contribution >= 4 is 38.9 Å². The van der Waals surface area contributed by atoms with E-state index in [0.29, 0.717) is 28.9 Å². The molecule has 2 aliphatic rings. The maximum atomic E-state index is 13.8. The summed E-state index contributed by atoms with van der Waals surface area (Å²) in [6.45, 7) is 0.313. The summed E-state index contributed by atoms with van der Waals surface area (Å²) < 4.78 is 33.3. The van der Waals surface area contributed by atoms with Gasteiger partial charge in [-0.15, -0.1) is 4.40 Å². The first-order chi connectivity index (χ1) is 18.9. The normalized spacial score (nSPS) is 17.1. The lowest BCUT2D eigenvalue weighted by Gasteiger charge is -2.34. The van der Waals surface area contributed by atoms with Crippen LogP contribution in [0.4, 0.5) is 5.69 Å². The van der Waals surface area contributed by atoms with E-state index < -0.39 is 16.3 Å². The Balaban J connectivity index is 1.40. The van der Waals surface area contributed by atoms with Crippen molar-refractivity contribution in [1.29, 1.82) is 0 Å². The van der Waals surface area contributed by atoms with Crippen molar-refractivity contribution in [3.8, 4) is 11.5 Å². The molecule has 1 aliphatic heterocycles. The molecule has 1 aliphatic carbocycles. The van der Waals surface area contributed by atoms with E-state index in [1.54, 1.807) is 36.4 Å². The van der Waals surface area contributed by atoms with Crippen LogP contribution < -0.4 is 15.6 Å². The molecule has 9 nitrogen and oxygen atoms in total. The first kappa shape index (κ1) is 25.2. The number of amidine groups is 1. The highest BCUT2D eigenvalue weighted by Crippen LogP contribution is 2.56. The fourth-order valence-corrected chi connectivity index (χ4v) is 6.10. The predicted molar refractivity (Wildman–Crippen MR) is 154 cm³/mol. The van der Waals surface area contributed by atoms with E-state index in [1.165, 1.54) is 10.7 Å². The summed E-state index contributed by atoms with van der Waals surface area (Å²) in [5.74, 6) is 0.00644. The van der Waals surface area contributed by atoms with Gasteiger partial charge >= 0.3 is 0 Å². The summed E-state index contributed by atoms with van der Waals surface area (Å²) in [5.41, 5.74) is 1.93. The second kappa shape index (κ2) is 10.2. The van der Waals surface area contributed by atoms with Crippen LogP contribution in [0.2, 0.25) is 0 Å². The van der Waals surface area contributed by atoms with Gasteiger partial charge in [-0.2, -0.15) is 9.78 Å². The number of hydrogen-bond acceptors (Lipinski definition) is 8. The molecule has 4 N–H and O–H groups in total. The van der Waals surface area contributed by atoms with Gasteiger partial charge in [0.05, 0.1) is 11.2 Å². The highest BCUT2D eigenvalue weighted by Gasteiger charge is 2.31. The maximum Gasteiger partial charge on any atom is 0.286 e. The maximum absolute atomic E-state index is 13.8. The summed E-state index contributed by atoms with van der Waals surface area (Å²) in [4.78, 5) is 13.9. The third-order valence-electron chi connectivity index (χ3n) is 6.91. The van der Waals surface area contributed by atoms with Crippen molar-refractivity contribution < 1.29 is 18.9 Å². The molecule has 39 heavy (non-hydrogen) atoms. The van der Waals surface area contributed by atoms with Gasteiger partial charge < -0.3 is 15.2 Å². The molecule has 0 atom stereocenters. The summed E-state index contributed by atoms with van der Waals surface area (Å²) >= 11 is 0. The molecule has 1 saturated carbocycles. The largest absolute Gasteiger partial charge is 0.506 e. The number of benzene rings is 3. The van der Waals surface area contributed by atoms with Gasteiger partial charge in [-0.25, -0.2) is 0 Å². The molecule has 4 aromatic rings. The molecular formula is C29H28N4O5S. The van der Waals surface area contributed by atoms with Crippen LogP contribution in [-0.2, 0) is 6.61 Å². The smallest absolute Gasteiger partial charge is 0.286 e. The van der Waals surface area contributed by atoms with Crippen LogP contribution in [-0.4, -0.2) is 30.4 Å². The van der Waals surface area contributed by atoms with Crippen LogP contribution in [0.3, 0.4) is 0 Å². The van der Waals surface area contributed by atoms with E-state index in [-0.39, 0.29) is 22.0 Å². The monoisotopic (exact) mass is 544 g/mol. The Bertz CT molecular complexity index is 1670. The number of rotatable bonds is 5. The van der Waals surface area contributed by atoms with Gasteiger partial charge in [-0.05, 0) is 55.5 Å². The standard InChI is InChI=1S/C29H28N4O5S/c34-27-22-13-7-8-14-24(22)33(31-20-11-5-2-6-12-20)29(35)26(27)28-30-23-16-15-21(17-25(23)39(36,37)32-28)38-18-19-9-3-1-4-10-19/h1,3-4,7-10,13-17,34,36-37H,2,5-6,11-12,18H2,(H,30,32). The third kappa shape index (κ3) is 4.89. The van der Waals surface area contributed by atoms with Crippen molar-refractivity contribution in [3.05, 3.63) is 94.3 Å². The van der Waals surface area contributed by atoms with Gasteiger partial charge in [0.2, 0.25) is 0 Å². The van der Waals surface area contributed by atoms with Gasteiger partial charge in [0.25, 0.3) is 5.56 Å². The van der Waals surface area contributed by atoms with Gasteiger partial charge in [-0.3, -0.25) is 13.9 Å². The molecule has 200 valence electrons. The first-order valence-electron chi connectivity index (χ1n) is 12.8. The van der Waals surface area contributed by atoms with Crippen LogP contribution in [0.1, 0.15) is 43.2 Å². The van der Waals surface area contributed by atoms with Gasteiger partial charge in [0, 0.05) is 17.2 Å². The predicted octanol–water partition coefficient (Wildman–Crippen LogP) is 6.35. The van der Waals surface area contributed by atoms with E-state index in [1.807, 2.05) is 30.3 Å². The van der Waals surface area contributed by atoms with Crippen molar-refractivity contribution in [2.24, 2.45) is 9.50 Å². The van der Waals surface area contributed by atoms with Crippen molar-refractivity contribution in [1.82, 2.24) is 4.68 Å². The minimum atomic E-state index is -3.72. The topological polar surface area (TPSA) is 129 Å². The summed E-state index contributed by atoms with van der Waals surface area (Å²) in [5, 5.41) is 19.3. The van der Waals surface area contributed by atoms with E-state index in [9.17, 15) is 19.0 Å². The molecule has 0 spiro atoms. The van der Waals surface area contributed by atoms with E-state index >= 15 is 0 Å². The average molecular weight is 545 g/mol. The number of fused-ring (bicyclic) bond motifs is 2. The molecule has 0 amide bonds. The molecule has 10 heteroatoms. The zero-order valence-electron chi connectivity index (χ0n) is 21.1. The molecule has 6 rings (SSSR count). The molecule has 0 unspecified atom stereocenters. The lowest BCUT2D eigenvalue weighted by atomic mass is 9.99. The number of anilines is 1. The number of nitrogens with zero attached hydrogens (tertiary/aromatic N) is 3. The molecule has 3 aromatic carbocycles. The SMILES string of the molecule is O=c1c(C2=NS(O)(O)c3cc(OCc4ccccc4)ccc3N2)c(O)c2ccccc2n1N=C1CCCCC1. The Kier molecular flexibility index (Phi) is 6.59. The fraction of sp³-hybridized carbons (Fsp3) is 0.207. The van der Waals surface area contributed by atoms with E-state index in [4.69, 9.17) is 4.74 Å². The molecule has 2 heterocycles. The third-order valence-corrected chi connectivity index (χ3v) is 8.27. The molecule has 1 fully saturated rings. The number of para-hydroxylation sites is 1. The quantitative estimate of drug-likeness (QED) is 0.232. The van der Waals surface area contributed by atoms with E-state index in [2.05, 4.69) is 14.8 Å². The zero-order chi connectivity index (χ0) is 27.0. The number of aromatic nitrogens is 1. The van der Waals surface area contributed by atoms with Crippen molar-refractivity contribution in [3.63, 3.8) is 0 Å². The Hall–Kier alpha value is -4.12. The summed E-state index contributed by atoms with van der Waals surface area (Å²) in [6.07, 6.45) is 4.77. The lowest BCUT2D eigenvalue weighted by Crippen LogP contribution is -2.31.